The highest BCUT2D eigenvalue weighted by Crippen LogP contribution is 2.46. The second kappa shape index (κ2) is 4.95. The van der Waals surface area contributed by atoms with Crippen molar-refractivity contribution in [1.29, 1.82) is 0 Å². The van der Waals surface area contributed by atoms with Crippen molar-refractivity contribution in [3.8, 4) is 0 Å². The summed E-state index contributed by atoms with van der Waals surface area (Å²) in [5.74, 6) is -0.863. The Morgan fingerprint density at radius 2 is 1.70 bits per heavy atom. The highest BCUT2D eigenvalue weighted by atomic mass is 16.2. The maximum Gasteiger partial charge on any atom is 0.242 e. The fourth-order valence-electron chi connectivity index (χ4n) is 3.86. The van der Waals surface area contributed by atoms with E-state index in [-0.39, 0.29) is 23.7 Å². The quantitative estimate of drug-likeness (QED) is 0.761. The second-order valence-electron chi connectivity index (χ2n) is 6.32. The molecule has 0 radical (unpaired) electrons. The van der Waals surface area contributed by atoms with E-state index in [1.165, 1.54) is 4.90 Å². The lowest BCUT2D eigenvalue weighted by Gasteiger charge is -2.34. The minimum absolute atomic E-state index is 0.0908. The number of nitrogens with zero attached hydrogens (tertiary/aromatic N) is 2. The molecule has 116 valence electrons. The third kappa shape index (κ3) is 1.91. The summed E-state index contributed by atoms with van der Waals surface area (Å²) in [7, 11) is 1.98. The predicted molar refractivity (Wildman–Crippen MR) is 89.6 cm³/mol. The zero-order valence-electron chi connectivity index (χ0n) is 13.2. The van der Waals surface area contributed by atoms with E-state index < -0.39 is 0 Å². The number of imide groups is 1. The van der Waals surface area contributed by atoms with Crippen molar-refractivity contribution in [2.24, 2.45) is 5.92 Å². The number of fused-ring (bicyclic) bond motifs is 3. The Bertz CT molecular complexity index is 800. The molecule has 2 aromatic carbocycles. The second-order valence-corrected chi connectivity index (χ2v) is 6.32. The van der Waals surface area contributed by atoms with Gasteiger partial charge < -0.3 is 4.90 Å². The monoisotopic (exact) mass is 306 g/mol. The number of carbonyl (C=O) groups is 2. The Labute approximate surface area is 135 Å². The number of carbonyl (C=O) groups excluding carboxylic acids is 2. The molecule has 0 aromatic heterocycles. The lowest BCUT2D eigenvalue weighted by molar-refractivity contribution is -0.122. The number of amides is 2. The van der Waals surface area contributed by atoms with E-state index in [9.17, 15) is 9.59 Å². The van der Waals surface area contributed by atoms with Crippen molar-refractivity contribution < 1.29 is 9.59 Å². The standard InChI is InChI=1S/C19H18N2O2/c1-12-7-6-10-15-16(12)17-14(11-20(15)2)18(22)21(19(17)23)13-8-4-3-5-9-13/h3-10,14,17H,11H2,1-2H3/t14-,17-/m1/s1. The lowest BCUT2D eigenvalue weighted by atomic mass is 9.81. The van der Waals surface area contributed by atoms with Crippen LogP contribution in [0.4, 0.5) is 11.4 Å². The first-order valence-corrected chi connectivity index (χ1v) is 7.83. The van der Waals surface area contributed by atoms with Crippen LogP contribution in [0.15, 0.2) is 48.5 Å². The predicted octanol–water partition coefficient (Wildman–Crippen LogP) is 2.72. The summed E-state index contributed by atoms with van der Waals surface area (Å²) in [5.41, 5.74) is 3.79. The molecular formula is C19H18N2O2. The molecule has 2 aliphatic rings. The molecule has 1 fully saturated rings. The maximum atomic E-state index is 13.1. The molecule has 1 saturated heterocycles. The number of hydrogen-bond donors (Lipinski definition) is 0. The summed E-state index contributed by atoms with van der Waals surface area (Å²) in [5, 5.41) is 0. The third-order valence-corrected chi connectivity index (χ3v) is 4.93. The molecule has 4 nitrogen and oxygen atoms in total. The molecule has 4 rings (SSSR count). The number of aryl methyl sites for hydroxylation is 1. The Kier molecular flexibility index (Phi) is 3.01. The smallest absolute Gasteiger partial charge is 0.242 e. The number of para-hydroxylation sites is 1. The first-order chi connectivity index (χ1) is 11.1. The van der Waals surface area contributed by atoms with Crippen LogP contribution >= 0.6 is 0 Å². The molecule has 2 amide bonds. The fraction of sp³-hybridized carbons (Fsp3) is 0.263. The van der Waals surface area contributed by atoms with Crippen LogP contribution < -0.4 is 9.80 Å². The summed E-state index contributed by atoms with van der Waals surface area (Å²) < 4.78 is 0. The molecule has 4 heteroatoms. The van der Waals surface area contributed by atoms with Crippen molar-refractivity contribution >= 4 is 23.2 Å². The molecule has 0 N–H and O–H groups in total. The van der Waals surface area contributed by atoms with Gasteiger partial charge in [0.2, 0.25) is 11.8 Å². The van der Waals surface area contributed by atoms with Crippen LogP contribution in [0.2, 0.25) is 0 Å². The molecule has 2 heterocycles. The van der Waals surface area contributed by atoms with E-state index in [4.69, 9.17) is 0 Å². The summed E-state index contributed by atoms with van der Waals surface area (Å²) in [6, 6.07) is 15.3. The number of rotatable bonds is 1. The zero-order chi connectivity index (χ0) is 16.1. The topological polar surface area (TPSA) is 40.6 Å². The van der Waals surface area contributed by atoms with Gasteiger partial charge in [-0.2, -0.15) is 0 Å². The van der Waals surface area contributed by atoms with Crippen LogP contribution in [0.5, 0.6) is 0 Å². The van der Waals surface area contributed by atoms with Gasteiger partial charge in [-0.25, -0.2) is 4.90 Å². The molecule has 2 aliphatic heterocycles. The highest BCUT2D eigenvalue weighted by molar-refractivity contribution is 6.24. The van der Waals surface area contributed by atoms with Crippen LogP contribution in [0.1, 0.15) is 17.0 Å². The first kappa shape index (κ1) is 14.0. The van der Waals surface area contributed by atoms with Crippen LogP contribution in [0, 0.1) is 12.8 Å². The van der Waals surface area contributed by atoms with Gasteiger partial charge in [0.15, 0.2) is 0 Å². The van der Waals surface area contributed by atoms with E-state index in [2.05, 4.69) is 4.90 Å². The normalized spacial score (nSPS) is 23.0. The Balaban J connectivity index is 1.86. The molecule has 23 heavy (non-hydrogen) atoms. The van der Waals surface area contributed by atoms with Gasteiger partial charge in [0, 0.05) is 19.3 Å². The van der Waals surface area contributed by atoms with Crippen LogP contribution in [-0.2, 0) is 9.59 Å². The molecule has 2 aromatic rings. The van der Waals surface area contributed by atoms with Crippen molar-refractivity contribution in [3.05, 3.63) is 59.7 Å². The molecule has 2 atom stereocenters. The maximum absolute atomic E-state index is 13.1. The van der Waals surface area contributed by atoms with Gasteiger partial charge in [-0.1, -0.05) is 30.3 Å². The van der Waals surface area contributed by atoms with Gasteiger partial charge in [-0.3, -0.25) is 9.59 Å². The molecule has 0 bridgehead atoms. The Hall–Kier alpha value is -2.62. The van der Waals surface area contributed by atoms with E-state index in [0.717, 1.165) is 16.8 Å². The number of hydrogen-bond acceptors (Lipinski definition) is 3. The minimum atomic E-state index is -0.366. The summed E-state index contributed by atoms with van der Waals surface area (Å²) in [4.78, 5) is 29.4. The summed E-state index contributed by atoms with van der Waals surface area (Å²) in [6.45, 7) is 2.59. The minimum Gasteiger partial charge on any atom is -0.374 e. The largest absolute Gasteiger partial charge is 0.374 e. The SMILES string of the molecule is Cc1cccc2c1[C@@H]1C(=O)N(c3ccccc3)C(=O)[C@@H]1CN2C. The first-order valence-electron chi connectivity index (χ1n) is 7.83. The van der Waals surface area contributed by atoms with Gasteiger partial charge in [0.25, 0.3) is 0 Å². The number of benzene rings is 2. The van der Waals surface area contributed by atoms with Crippen LogP contribution in [-0.4, -0.2) is 25.4 Å². The molecule has 0 unspecified atom stereocenters. The highest BCUT2D eigenvalue weighted by Gasteiger charge is 2.52. The third-order valence-electron chi connectivity index (χ3n) is 4.93. The number of anilines is 2. The van der Waals surface area contributed by atoms with E-state index in [1.54, 1.807) is 0 Å². The van der Waals surface area contributed by atoms with Crippen LogP contribution in [0.3, 0.4) is 0 Å². The van der Waals surface area contributed by atoms with Crippen molar-refractivity contribution in [2.75, 3.05) is 23.4 Å². The molecule has 0 saturated carbocycles. The van der Waals surface area contributed by atoms with Crippen molar-refractivity contribution in [1.82, 2.24) is 0 Å². The summed E-state index contributed by atoms with van der Waals surface area (Å²) in [6.07, 6.45) is 0. The van der Waals surface area contributed by atoms with E-state index >= 15 is 0 Å². The van der Waals surface area contributed by atoms with E-state index in [1.807, 2.05) is 62.5 Å². The lowest BCUT2D eigenvalue weighted by Crippen LogP contribution is -2.37. The zero-order valence-corrected chi connectivity index (χ0v) is 13.2. The van der Waals surface area contributed by atoms with Gasteiger partial charge in [0.1, 0.15) is 0 Å². The van der Waals surface area contributed by atoms with Gasteiger partial charge in [-0.15, -0.1) is 0 Å². The fourth-order valence-corrected chi connectivity index (χ4v) is 3.86. The van der Waals surface area contributed by atoms with E-state index in [0.29, 0.717) is 12.2 Å². The van der Waals surface area contributed by atoms with Gasteiger partial charge in [-0.05, 0) is 36.2 Å². The van der Waals surface area contributed by atoms with Crippen LogP contribution in [0.25, 0.3) is 0 Å². The van der Waals surface area contributed by atoms with Crippen molar-refractivity contribution in [2.45, 2.75) is 12.8 Å². The Morgan fingerprint density at radius 1 is 0.957 bits per heavy atom. The van der Waals surface area contributed by atoms with Gasteiger partial charge >= 0.3 is 0 Å². The average molecular weight is 306 g/mol. The van der Waals surface area contributed by atoms with Gasteiger partial charge in [0.05, 0.1) is 17.5 Å². The molecular weight excluding hydrogens is 288 g/mol. The molecule has 0 aliphatic carbocycles. The van der Waals surface area contributed by atoms with Crippen molar-refractivity contribution in [3.63, 3.8) is 0 Å². The Morgan fingerprint density at radius 3 is 2.43 bits per heavy atom. The average Bonchev–Trinajstić information content (AvgIpc) is 2.80. The molecule has 0 spiro atoms. The summed E-state index contributed by atoms with van der Waals surface area (Å²) >= 11 is 0.